The molecule has 7 heteroatoms. The van der Waals surface area contributed by atoms with Crippen LogP contribution in [0.2, 0.25) is 0 Å². The second-order valence-corrected chi connectivity index (χ2v) is 5.07. The second-order valence-electron chi connectivity index (χ2n) is 5.07. The third-order valence-corrected chi connectivity index (χ3v) is 3.91. The first-order chi connectivity index (χ1) is 10.0. The highest BCUT2D eigenvalue weighted by atomic mass is 16.6. The van der Waals surface area contributed by atoms with Gasteiger partial charge in [0, 0.05) is 19.7 Å². The lowest BCUT2D eigenvalue weighted by Gasteiger charge is -2.40. The van der Waals surface area contributed by atoms with Crippen LogP contribution in [0, 0.1) is 10.1 Å². The van der Waals surface area contributed by atoms with Gasteiger partial charge in [-0.3, -0.25) is 10.1 Å². The fourth-order valence-corrected chi connectivity index (χ4v) is 2.36. The first-order valence-electron chi connectivity index (χ1n) is 6.67. The molecule has 1 aromatic rings. The molecule has 1 aliphatic rings. The van der Waals surface area contributed by atoms with Crippen molar-refractivity contribution in [3.63, 3.8) is 0 Å². The Bertz CT molecular complexity index is 549. The van der Waals surface area contributed by atoms with E-state index in [-0.39, 0.29) is 16.9 Å². The number of nitrogens with zero attached hydrogens (tertiary/aromatic N) is 1. The van der Waals surface area contributed by atoms with Gasteiger partial charge >= 0.3 is 5.97 Å². The van der Waals surface area contributed by atoms with E-state index in [0.717, 1.165) is 19.3 Å². The van der Waals surface area contributed by atoms with Crippen LogP contribution in [0.3, 0.4) is 0 Å². The van der Waals surface area contributed by atoms with Crippen molar-refractivity contribution in [3.05, 3.63) is 33.9 Å². The Hall–Kier alpha value is -2.15. The summed E-state index contributed by atoms with van der Waals surface area (Å²) in [5.74, 6) is -0.530. The third-order valence-electron chi connectivity index (χ3n) is 3.91. The zero-order chi connectivity index (χ0) is 15.5. The molecular formula is C14H18N2O5. The minimum Gasteiger partial charge on any atom is -0.465 e. The molecule has 1 aliphatic carbocycles. The normalized spacial score (nSPS) is 15.9. The Morgan fingerprint density at radius 3 is 2.62 bits per heavy atom. The number of esters is 1. The van der Waals surface area contributed by atoms with E-state index < -0.39 is 10.9 Å². The molecule has 7 nitrogen and oxygen atoms in total. The average molecular weight is 294 g/mol. The lowest BCUT2D eigenvalue weighted by atomic mass is 9.80. The van der Waals surface area contributed by atoms with Crippen molar-refractivity contribution in [2.24, 2.45) is 0 Å². The van der Waals surface area contributed by atoms with Gasteiger partial charge in [-0.25, -0.2) is 4.79 Å². The number of nitro benzene ring substituents is 1. The van der Waals surface area contributed by atoms with Crippen LogP contribution in [-0.4, -0.2) is 37.3 Å². The molecule has 1 fully saturated rings. The fourth-order valence-electron chi connectivity index (χ4n) is 2.36. The summed E-state index contributed by atoms with van der Waals surface area (Å²) in [6, 6.07) is 4.12. The van der Waals surface area contributed by atoms with Crippen LogP contribution < -0.4 is 5.32 Å². The maximum Gasteiger partial charge on any atom is 0.337 e. The zero-order valence-corrected chi connectivity index (χ0v) is 12.0. The van der Waals surface area contributed by atoms with Gasteiger partial charge in [0.25, 0.3) is 5.69 Å². The Morgan fingerprint density at radius 1 is 1.43 bits per heavy atom. The lowest BCUT2D eigenvalue weighted by molar-refractivity contribution is -0.384. The number of hydrogen-bond acceptors (Lipinski definition) is 6. The minimum atomic E-state index is -0.530. The van der Waals surface area contributed by atoms with Crippen molar-refractivity contribution in [1.29, 1.82) is 0 Å². The number of hydrogen-bond donors (Lipinski definition) is 1. The predicted molar refractivity (Wildman–Crippen MR) is 76.5 cm³/mol. The summed E-state index contributed by atoms with van der Waals surface area (Å²) in [6.07, 6.45) is 2.92. The maximum absolute atomic E-state index is 11.5. The van der Waals surface area contributed by atoms with E-state index in [9.17, 15) is 14.9 Å². The first kappa shape index (κ1) is 15.2. The van der Waals surface area contributed by atoms with Crippen LogP contribution in [0.4, 0.5) is 11.4 Å². The highest BCUT2D eigenvalue weighted by Gasteiger charge is 2.37. The summed E-state index contributed by atoms with van der Waals surface area (Å²) >= 11 is 0. The Kier molecular flexibility index (Phi) is 4.42. The van der Waals surface area contributed by atoms with Gasteiger partial charge in [-0.15, -0.1) is 0 Å². The summed E-state index contributed by atoms with van der Waals surface area (Å²) in [5, 5.41) is 14.1. The van der Waals surface area contributed by atoms with Crippen molar-refractivity contribution in [1.82, 2.24) is 0 Å². The summed E-state index contributed by atoms with van der Waals surface area (Å²) in [4.78, 5) is 22.1. The van der Waals surface area contributed by atoms with Gasteiger partial charge < -0.3 is 14.8 Å². The van der Waals surface area contributed by atoms with Crippen LogP contribution in [0.15, 0.2) is 18.2 Å². The molecule has 0 bridgehead atoms. The standard InChI is InChI=1S/C14H18N2O5/c1-20-13(17)10-4-5-12(16(18)19)11(8-10)15-9-14(21-2)6-3-7-14/h4-5,8,15H,3,6-7,9H2,1-2H3. The first-order valence-corrected chi connectivity index (χ1v) is 6.67. The van der Waals surface area contributed by atoms with Gasteiger partial charge in [0.1, 0.15) is 5.69 Å². The summed E-state index contributed by atoms with van der Waals surface area (Å²) in [7, 11) is 2.91. The number of nitro groups is 1. The zero-order valence-electron chi connectivity index (χ0n) is 12.0. The Balaban J connectivity index is 2.22. The molecule has 114 valence electrons. The highest BCUT2D eigenvalue weighted by molar-refractivity contribution is 5.91. The lowest BCUT2D eigenvalue weighted by Crippen LogP contribution is -2.45. The van der Waals surface area contributed by atoms with E-state index in [1.54, 1.807) is 7.11 Å². The molecule has 1 N–H and O–H groups in total. The van der Waals surface area contributed by atoms with Crippen molar-refractivity contribution in [3.8, 4) is 0 Å². The molecule has 21 heavy (non-hydrogen) atoms. The number of ether oxygens (including phenoxy) is 2. The van der Waals surface area contributed by atoms with Gasteiger partial charge in [-0.2, -0.15) is 0 Å². The molecule has 0 unspecified atom stereocenters. The molecule has 1 saturated carbocycles. The average Bonchev–Trinajstić information content (AvgIpc) is 2.45. The molecule has 0 amide bonds. The van der Waals surface area contributed by atoms with E-state index in [2.05, 4.69) is 10.1 Å². The van der Waals surface area contributed by atoms with Crippen molar-refractivity contribution in [2.45, 2.75) is 24.9 Å². The van der Waals surface area contributed by atoms with Gasteiger partial charge in [-0.1, -0.05) is 0 Å². The second kappa shape index (κ2) is 6.09. The monoisotopic (exact) mass is 294 g/mol. The molecule has 0 spiro atoms. The van der Waals surface area contributed by atoms with Gasteiger partial charge in [-0.05, 0) is 31.4 Å². The Morgan fingerprint density at radius 2 is 2.14 bits per heavy atom. The quantitative estimate of drug-likeness (QED) is 0.492. The number of rotatable bonds is 6. The van der Waals surface area contributed by atoms with E-state index in [4.69, 9.17) is 4.74 Å². The van der Waals surface area contributed by atoms with E-state index in [1.165, 1.54) is 25.3 Å². The summed E-state index contributed by atoms with van der Waals surface area (Å²) in [6.45, 7) is 0.467. The van der Waals surface area contributed by atoms with Crippen molar-refractivity contribution in [2.75, 3.05) is 26.1 Å². The third kappa shape index (κ3) is 3.13. The van der Waals surface area contributed by atoms with E-state index >= 15 is 0 Å². The number of carbonyl (C=O) groups excluding carboxylic acids is 1. The van der Waals surface area contributed by atoms with Crippen LogP contribution >= 0.6 is 0 Å². The van der Waals surface area contributed by atoms with Crippen LogP contribution in [0.25, 0.3) is 0 Å². The molecular weight excluding hydrogens is 276 g/mol. The molecule has 0 aromatic heterocycles. The fraction of sp³-hybridized carbons (Fsp3) is 0.500. The van der Waals surface area contributed by atoms with Crippen LogP contribution in [-0.2, 0) is 9.47 Å². The van der Waals surface area contributed by atoms with Crippen LogP contribution in [0.1, 0.15) is 29.6 Å². The molecule has 0 radical (unpaired) electrons. The number of nitrogens with one attached hydrogen (secondary N) is 1. The molecule has 2 rings (SSSR count). The number of carbonyl (C=O) groups is 1. The van der Waals surface area contributed by atoms with Crippen molar-refractivity contribution >= 4 is 17.3 Å². The SMILES string of the molecule is COC(=O)c1ccc([N+](=O)[O-])c(NCC2(OC)CCC2)c1. The summed E-state index contributed by atoms with van der Waals surface area (Å²) in [5.41, 5.74) is 0.222. The highest BCUT2D eigenvalue weighted by Crippen LogP contribution is 2.36. The summed E-state index contributed by atoms with van der Waals surface area (Å²) < 4.78 is 10.1. The smallest absolute Gasteiger partial charge is 0.337 e. The molecule has 1 aromatic carbocycles. The molecule has 0 saturated heterocycles. The molecule has 0 heterocycles. The van der Waals surface area contributed by atoms with E-state index in [1.807, 2.05) is 0 Å². The van der Waals surface area contributed by atoms with Gasteiger partial charge in [0.05, 0.1) is 23.2 Å². The van der Waals surface area contributed by atoms with Gasteiger partial charge in [0.2, 0.25) is 0 Å². The number of anilines is 1. The van der Waals surface area contributed by atoms with E-state index in [0.29, 0.717) is 12.2 Å². The minimum absolute atomic E-state index is 0.0757. The Labute approximate surface area is 122 Å². The number of benzene rings is 1. The largest absolute Gasteiger partial charge is 0.465 e. The maximum atomic E-state index is 11.5. The van der Waals surface area contributed by atoms with Crippen molar-refractivity contribution < 1.29 is 19.2 Å². The number of methoxy groups -OCH3 is 2. The van der Waals surface area contributed by atoms with Crippen LogP contribution in [0.5, 0.6) is 0 Å². The van der Waals surface area contributed by atoms with Gasteiger partial charge in [0.15, 0.2) is 0 Å². The molecule has 0 atom stereocenters. The predicted octanol–water partition coefficient (Wildman–Crippen LogP) is 2.36. The topological polar surface area (TPSA) is 90.7 Å². The molecule has 0 aliphatic heterocycles.